The zero-order valence-corrected chi connectivity index (χ0v) is 11.1. The van der Waals surface area contributed by atoms with E-state index < -0.39 is 0 Å². The SMILES string of the molecule is CC(C)C#CC(C)(C)N1CCC(CO)CC1. The standard InChI is InChI=1S/C14H25NO/c1-12(2)5-8-14(3,4)15-9-6-13(11-16)7-10-15/h12-13,16H,6-7,9-11H2,1-4H3. The van der Waals surface area contributed by atoms with Crippen LogP contribution >= 0.6 is 0 Å². The number of aliphatic hydroxyl groups is 1. The van der Waals surface area contributed by atoms with Crippen molar-refractivity contribution in [3.63, 3.8) is 0 Å². The summed E-state index contributed by atoms with van der Waals surface area (Å²) >= 11 is 0. The molecule has 0 aromatic carbocycles. The van der Waals surface area contributed by atoms with Crippen molar-refractivity contribution in [2.45, 2.75) is 46.1 Å². The molecule has 2 nitrogen and oxygen atoms in total. The lowest BCUT2D eigenvalue weighted by atomic mass is 9.93. The summed E-state index contributed by atoms with van der Waals surface area (Å²) in [6, 6.07) is 0. The van der Waals surface area contributed by atoms with Gasteiger partial charge < -0.3 is 5.11 Å². The second-order valence-corrected chi connectivity index (χ2v) is 5.60. The smallest absolute Gasteiger partial charge is 0.0768 e. The van der Waals surface area contributed by atoms with Crippen LogP contribution < -0.4 is 0 Å². The monoisotopic (exact) mass is 223 g/mol. The molecule has 1 N–H and O–H groups in total. The molecule has 0 aromatic heterocycles. The van der Waals surface area contributed by atoms with Gasteiger partial charge in [-0.3, -0.25) is 4.90 Å². The number of hydrogen-bond donors (Lipinski definition) is 1. The Morgan fingerprint density at radius 1 is 1.31 bits per heavy atom. The van der Waals surface area contributed by atoms with Crippen molar-refractivity contribution in [1.82, 2.24) is 4.90 Å². The van der Waals surface area contributed by atoms with Crippen LogP contribution in [-0.4, -0.2) is 35.2 Å². The van der Waals surface area contributed by atoms with Crippen molar-refractivity contribution in [3.8, 4) is 11.8 Å². The zero-order valence-electron chi connectivity index (χ0n) is 11.1. The van der Waals surface area contributed by atoms with Gasteiger partial charge in [0.15, 0.2) is 0 Å². The highest BCUT2D eigenvalue weighted by Gasteiger charge is 2.28. The molecule has 16 heavy (non-hydrogen) atoms. The second kappa shape index (κ2) is 5.70. The molecule has 0 aliphatic carbocycles. The third kappa shape index (κ3) is 3.81. The fourth-order valence-corrected chi connectivity index (χ4v) is 2.07. The molecule has 0 spiro atoms. The van der Waals surface area contributed by atoms with E-state index in [1.807, 2.05) is 0 Å². The largest absolute Gasteiger partial charge is 0.396 e. The van der Waals surface area contributed by atoms with Crippen molar-refractivity contribution >= 4 is 0 Å². The quantitative estimate of drug-likeness (QED) is 0.725. The van der Waals surface area contributed by atoms with Crippen LogP contribution in [0.2, 0.25) is 0 Å². The summed E-state index contributed by atoms with van der Waals surface area (Å²) in [5.41, 5.74) is -0.0231. The number of rotatable bonds is 2. The van der Waals surface area contributed by atoms with Gasteiger partial charge in [-0.15, -0.1) is 0 Å². The molecule has 1 saturated heterocycles. The van der Waals surface area contributed by atoms with E-state index in [2.05, 4.69) is 44.4 Å². The molecule has 92 valence electrons. The summed E-state index contributed by atoms with van der Waals surface area (Å²) in [7, 11) is 0. The molecular formula is C14H25NO. The molecule has 0 radical (unpaired) electrons. The fourth-order valence-electron chi connectivity index (χ4n) is 2.07. The maximum Gasteiger partial charge on any atom is 0.0768 e. The van der Waals surface area contributed by atoms with Crippen LogP contribution in [0.5, 0.6) is 0 Å². The van der Waals surface area contributed by atoms with Gasteiger partial charge in [0, 0.05) is 12.5 Å². The van der Waals surface area contributed by atoms with Gasteiger partial charge in [0.25, 0.3) is 0 Å². The molecule has 0 atom stereocenters. The first kappa shape index (κ1) is 13.5. The average Bonchev–Trinajstić information content (AvgIpc) is 2.27. The van der Waals surface area contributed by atoms with Gasteiger partial charge in [-0.25, -0.2) is 0 Å². The van der Waals surface area contributed by atoms with Crippen molar-refractivity contribution in [2.24, 2.45) is 11.8 Å². The van der Waals surface area contributed by atoms with E-state index in [9.17, 15) is 0 Å². The predicted octanol–water partition coefficient (Wildman–Crippen LogP) is 2.13. The van der Waals surface area contributed by atoms with Gasteiger partial charge >= 0.3 is 0 Å². The first-order valence-electron chi connectivity index (χ1n) is 6.34. The lowest BCUT2D eigenvalue weighted by Crippen LogP contribution is -2.47. The summed E-state index contributed by atoms with van der Waals surface area (Å²) in [6.45, 7) is 11.1. The molecule has 0 bridgehead atoms. The molecule has 1 rings (SSSR count). The molecule has 1 aliphatic heterocycles. The Morgan fingerprint density at radius 2 is 1.88 bits per heavy atom. The molecular weight excluding hydrogens is 198 g/mol. The van der Waals surface area contributed by atoms with Crippen molar-refractivity contribution in [1.29, 1.82) is 0 Å². The number of piperidine rings is 1. The molecule has 1 fully saturated rings. The lowest BCUT2D eigenvalue weighted by Gasteiger charge is -2.39. The van der Waals surface area contributed by atoms with E-state index in [-0.39, 0.29) is 5.54 Å². The zero-order chi connectivity index (χ0) is 12.2. The van der Waals surface area contributed by atoms with E-state index in [1.165, 1.54) is 0 Å². The van der Waals surface area contributed by atoms with Crippen LogP contribution in [0.25, 0.3) is 0 Å². The minimum absolute atomic E-state index is 0.0231. The first-order chi connectivity index (χ1) is 7.45. The van der Waals surface area contributed by atoms with Crippen LogP contribution in [0, 0.1) is 23.7 Å². The highest BCUT2D eigenvalue weighted by Crippen LogP contribution is 2.23. The van der Waals surface area contributed by atoms with Crippen LogP contribution in [0.1, 0.15) is 40.5 Å². The Balaban J connectivity index is 2.55. The normalized spacial score (nSPS) is 19.6. The Morgan fingerprint density at radius 3 is 2.31 bits per heavy atom. The van der Waals surface area contributed by atoms with Crippen molar-refractivity contribution in [3.05, 3.63) is 0 Å². The molecule has 0 saturated carbocycles. The van der Waals surface area contributed by atoms with E-state index in [1.54, 1.807) is 0 Å². The number of likely N-dealkylation sites (tertiary alicyclic amines) is 1. The van der Waals surface area contributed by atoms with Gasteiger partial charge in [0.05, 0.1) is 5.54 Å². The molecule has 0 unspecified atom stereocenters. The van der Waals surface area contributed by atoms with Gasteiger partial charge in [-0.1, -0.05) is 25.7 Å². The van der Waals surface area contributed by atoms with Crippen LogP contribution in [0.4, 0.5) is 0 Å². The Bertz CT molecular complexity index is 264. The maximum atomic E-state index is 9.11. The maximum absolute atomic E-state index is 9.11. The van der Waals surface area contributed by atoms with Crippen molar-refractivity contribution < 1.29 is 5.11 Å². The Labute approximate surface area is 100 Å². The minimum Gasteiger partial charge on any atom is -0.396 e. The Kier molecular flexibility index (Phi) is 4.83. The molecule has 0 amide bonds. The average molecular weight is 223 g/mol. The molecule has 2 heteroatoms. The number of hydrogen-bond acceptors (Lipinski definition) is 2. The second-order valence-electron chi connectivity index (χ2n) is 5.60. The third-order valence-electron chi connectivity index (χ3n) is 3.33. The minimum atomic E-state index is -0.0231. The fraction of sp³-hybridized carbons (Fsp3) is 0.857. The van der Waals surface area contributed by atoms with Crippen LogP contribution in [0.3, 0.4) is 0 Å². The van der Waals surface area contributed by atoms with Gasteiger partial charge in [0.2, 0.25) is 0 Å². The Hall–Kier alpha value is -0.520. The van der Waals surface area contributed by atoms with E-state index in [0.717, 1.165) is 25.9 Å². The summed E-state index contributed by atoms with van der Waals surface area (Å²) < 4.78 is 0. The van der Waals surface area contributed by atoms with E-state index in [0.29, 0.717) is 18.4 Å². The summed E-state index contributed by atoms with van der Waals surface area (Å²) in [4.78, 5) is 2.44. The number of aliphatic hydroxyl groups excluding tert-OH is 1. The predicted molar refractivity (Wildman–Crippen MR) is 68.1 cm³/mol. The van der Waals surface area contributed by atoms with Gasteiger partial charge in [0.1, 0.15) is 0 Å². The summed E-state index contributed by atoms with van der Waals surface area (Å²) in [5, 5.41) is 9.11. The van der Waals surface area contributed by atoms with Crippen LogP contribution in [-0.2, 0) is 0 Å². The topological polar surface area (TPSA) is 23.5 Å². The molecule has 1 aliphatic rings. The molecule has 0 aromatic rings. The first-order valence-corrected chi connectivity index (χ1v) is 6.34. The van der Waals surface area contributed by atoms with E-state index >= 15 is 0 Å². The van der Waals surface area contributed by atoms with E-state index in [4.69, 9.17) is 5.11 Å². The third-order valence-corrected chi connectivity index (χ3v) is 3.33. The van der Waals surface area contributed by atoms with Gasteiger partial charge in [-0.05, 0) is 45.7 Å². The number of nitrogens with zero attached hydrogens (tertiary/aromatic N) is 1. The van der Waals surface area contributed by atoms with Gasteiger partial charge in [-0.2, -0.15) is 0 Å². The van der Waals surface area contributed by atoms with Crippen molar-refractivity contribution in [2.75, 3.05) is 19.7 Å². The highest BCUT2D eigenvalue weighted by molar-refractivity contribution is 5.16. The summed E-state index contributed by atoms with van der Waals surface area (Å²) in [6.07, 6.45) is 2.20. The summed E-state index contributed by atoms with van der Waals surface area (Å²) in [5.74, 6) is 7.59. The highest BCUT2D eigenvalue weighted by atomic mass is 16.3. The van der Waals surface area contributed by atoms with Crippen LogP contribution in [0.15, 0.2) is 0 Å². The molecule has 1 heterocycles. The lowest BCUT2D eigenvalue weighted by molar-refractivity contribution is 0.0861.